The smallest absolute Gasteiger partial charge is 0.234 e. The summed E-state index contributed by atoms with van der Waals surface area (Å²) in [6, 6.07) is -0.269. The highest BCUT2D eigenvalue weighted by Gasteiger charge is 2.17. The molecular weight excluding hydrogens is 220 g/mol. The fourth-order valence-corrected chi connectivity index (χ4v) is 1.83. The Bertz CT molecular complexity index is 218. The van der Waals surface area contributed by atoms with Crippen LogP contribution in [0.2, 0.25) is 0 Å². The van der Waals surface area contributed by atoms with Crippen LogP contribution in [0.4, 0.5) is 0 Å². The quantitative estimate of drug-likeness (QED) is 0.571. The number of rotatable bonds is 9. The summed E-state index contributed by atoms with van der Waals surface area (Å²) in [5.41, 5.74) is 5.30. The van der Waals surface area contributed by atoms with Gasteiger partial charge in [-0.2, -0.15) is 0 Å². The van der Waals surface area contributed by atoms with Crippen molar-refractivity contribution < 1.29 is 14.3 Å². The molecule has 0 aliphatic carbocycles. The molecule has 17 heavy (non-hydrogen) atoms. The van der Waals surface area contributed by atoms with E-state index in [1.165, 1.54) is 0 Å². The maximum Gasteiger partial charge on any atom is 0.234 e. The lowest BCUT2D eigenvalue weighted by Crippen LogP contribution is -2.42. The molecule has 0 bridgehead atoms. The Hall–Kier alpha value is -0.650. The molecule has 1 amide bonds. The molecule has 1 fully saturated rings. The number of hydrogen-bond acceptors (Lipinski definition) is 4. The average molecular weight is 244 g/mol. The van der Waals surface area contributed by atoms with Crippen LogP contribution in [-0.2, 0) is 14.3 Å². The summed E-state index contributed by atoms with van der Waals surface area (Å²) in [4.78, 5) is 11.1. The molecule has 5 nitrogen and oxygen atoms in total. The summed E-state index contributed by atoms with van der Waals surface area (Å²) in [6.07, 6.45) is 2.71. The van der Waals surface area contributed by atoms with Crippen molar-refractivity contribution in [3.05, 3.63) is 0 Å². The van der Waals surface area contributed by atoms with E-state index in [4.69, 9.17) is 15.2 Å². The average Bonchev–Trinajstić information content (AvgIpc) is 2.80. The predicted octanol–water partition coefficient (Wildman–Crippen LogP) is 0.283. The number of nitrogens with two attached hydrogens (primary N) is 1. The number of carbonyl (C=O) groups is 1. The Morgan fingerprint density at radius 3 is 3.06 bits per heavy atom. The van der Waals surface area contributed by atoms with Crippen LogP contribution in [0.3, 0.4) is 0 Å². The molecule has 1 heterocycles. The van der Waals surface area contributed by atoms with Gasteiger partial charge in [-0.25, -0.2) is 0 Å². The summed E-state index contributed by atoms with van der Waals surface area (Å²) in [7, 11) is 0. The summed E-state index contributed by atoms with van der Waals surface area (Å²) in [6.45, 7) is 5.80. The van der Waals surface area contributed by atoms with Crippen LogP contribution in [0.5, 0.6) is 0 Å². The van der Waals surface area contributed by atoms with Crippen LogP contribution < -0.4 is 11.1 Å². The van der Waals surface area contributed by atoms with E-state index in [1.54, 1.807) is 0 Å². The predicted molar refractivity (Wildman–Crippen MR) is 65.6 cm³/mol. The number of primary amides is 1. The number of ether oxygens (including phenoxy) is 2. The zero-order valence-corrected chi connectivity index (χ0v) is 10.6. The summed E-state index contributed by atoms with van der Waals surface area (Å²) in [5.74, 6) is 0.219. The fraction of sp³-hybridized carbons (Fsp3) is 0.917. The molecule has 0 saturated carbocycles. The molecule has 0 spiro atoms. The molecule has 0 radical (unpaired) electrons. The normalized spacial score (nSPS) is 21.6. The maximum atomic E-state index is 11.1. The van der Waals surface area contributed by atoms with Crippen molar-refractivity contribution in [3.8, 4) is 0 Å². The molecule has 0 aromatic carbocycles. The molecule has 5 heteroatoms. The largest absolute Gasteiger partial charge is 0.381 e. The second-order valence-electron chi connectivity index (χ2n) is 4.50. The van der Waals surface area contributed by atoms with E-state index in [0.717, 1.165) is 39.2 Å². The second kappa shape index (κ2) is 8.44. The minimum Gasteiger partial charge on any atom is -0.381 e. The van der Waals surface area contributed by atoms with E-state index in [0.29, 0.717) is 18.9 Å². The van der Waals surface area contributed by atoms with E-state index < -0.39 is 0 Å². The van der Waals surface area contributed by atoms with Crippen LogP contribution in [0.1, 0.15) is 26.2 Å². The zero-order chi connectivity index (χ0) is 12.5. The SMILES string of the molecule is CCCNC(CCOCC1CCOC1)C(N)=O. The first-order valence-electron chi connectivity index (χ1n) is 6.42. The van der Waals surface area contributed by atoms with Crippen LogP contribution in [0.15, 0.2) is 0 Å². The molecular formula is C12H24N2O3. The van der Waals surface area contributed by atoms with Crippen molar-refractivity contribution in [1.82, 2.24) is 5.32 Å². The lowest BCUT2D eigenvalue weighted by Gasteiger charge is -2.15. The Morgan fingerprint density at radius 1 is 1.65 bits per heavy atom. The first-order valence-corrected chi connectivity index (χ1v) is 6.42. The molecule has 2 atom stereocenters. The highest BCUT2D eigenvalue weighted by atomic mass is 16.5. The molecule has 1 aliphatic heterocycles. The van der Waals surface area contributed by atoms with Gasteiger partial charge in [0, 0.05) is 19.1 Å². The molecule has 1 saturated heterocycles. The van der Waals surface area contributed by atoms with Crippen LogP contribution in [0, 0.1) is 5.92 Å². The van der Waals surface area contributed by atoms with Gasteiger partial charge in [0.05, 0.1) is 19.3 Å². The van der Waals surface area contributed by atoms with Gasteiger partial charge in [-0.3, -0.25) is 4.79 Å². The van der Waals surface area contributed by atoms with E-state index in [-0.39, 0.29) is 11.9 Å². The second-order valence-corrected chi connectivity index (χ2v) is 4.50. The van der Waals surface area contributed by atoms with Gasteiger partial charge in [0.15, 0.2) is 0 Å². The monoisotopic (exact) mass is 244 g/mol. The first-order chi connectivity index (χ1) is 8.24. The summed E-state index contributed by atoms with van der Waals surface area (Å²) in [5, 5.41) is 3.12. The molecule has 1 aliphatic rings. The Kier molecular flexibility index (Phi) is 7.16. The highest BCUT2D eigenvalue weighted by molar-refractivity contribution is 5.79. The third-order valence-electron chi connectivity index (χ3n) is 2.91. The van der Waals surface area contributed by atoms with Crippen molar-refractivity contribution in [3.63, 3.8) is 0 Å². The van der Waals surface area contributed by atoms with Gasteiger partial charge < -0.3 is 20.5 Å². The first kappa shape index (κ1) is 14.4. The number of hydrogen-bond donors (Lipinski definition) is 2. The number of nitrogens with one attached hydrogen (secondary N) is 1. The lowest BCUT2D eigenvalue weighted by atomic mass is 10.1. The maximum absolute atomic E-state index is 11.1. The third kappa shape index (κ3) is 6.00. The Balaban J connectivity index is 2.06. The standard InChI is InChI=1S/C12H24N2O3/c1-2-5-14-11(12(13)15)4-7-17-9-10-3-6-16-8-10/h10-11,14H,2-9H2,1H3,(H2,13,15). The van der Waals surface area contributed by atoms with Crippen molar-refractivity contribution in [2.75, 3.05) is 33.0 Å². The zero-order valence-electron chi connectivity index (χ0n) is 10.6. The van der Waals surface area contributed by atoms with E-state index in [1.807, 2.05) is 0 Å². The fourth-order valence-electron chi connectivity index (χ4n) is 1.83. The van der Waals surface area contributed by atoms with Crippen molar-refractivity contribution >= 4 is 5.91 Å². The molecule has 100 valence electrons. The van der Waals surface area contributed by atoms with Gasteiger partial charge in [-0.1, -0.05) is 6.92 Å². The molecule has 2 unspecified atom stereocenters. The summed E-state index contributed by atoms with van der Waals surface area (Å²) >= 11 is 0. The minimum absolute atomic E-state index is 0.269. The van der Waals surface area contributed by atoms with E-state index >= 15 is 0 Å². The lowest BCUT2D eigenvalue weighted by molar-refractivity contribution is -0.120. The highest BCUT2D eigenvalue weighted by Crippen LogP contribution is 2.12. The van der Waals surface area contributed by atoms with Crippen molar-refractivity contribution in [1.29, 1.82) is 0 Å². The molecule has 0 aromatic rings. The third-order valence-corrected chi connectivity index (χ3v) is 2.91. The molecule has 3 N–H and O–H groups in total. The van der Waals surface area contributed by atoms with Crippen molar-refractivity contribution in [2.45, 2.75) is 32.2 Å². The van der Waals surface area contributed by atoms with Gasteiger partial charge in [0.1, 0.15) is 0 Å². The van der Waals surface area contributed by atoms with Gasteiger partial charge in [-0.15, -0.1) is 0 Å². The Morgan fingerprint density at radius 2 is 2.47 bits per heavy atom. The van der Waals surface area contributed by atoms with Gasteiger partial charge >= 0.3 is 0 Å². The van der Waals surface area contributed by atoms with Gasteiger partial charge in [0.2, 0.25) is 5.91 Å². The Labute approximate surface area is 103 Å². The van der Waals surface area contributed by atoms with Crippen molar-refractivity contribution in [2.24, 2.45) is 11.7 Å². The topological polar surface area (TPSA) is 73.6 Å². The number of amides is 1. The van der Waals surface area contributed by atoms with E-state index in [9.17, 15) is 4.79 Å². The summed E-state index contributed by atoms with van der Waals surface area (Å²) < 4.78 is 10.8. The van der Waals surface area contributed by atoms with Gasteiger partial charge in [-0.05, 0) is 25.8 Å². The van der Waals surface area contributed by atoms with Crippen LogP contribution in [0.25, 0.3) is 0 Å². The van der Waals surface area contributed by atoms with Crippen LogP contribution in [-0.4, -0.2) is 44.9 Å². The van der Waals surface area contributed by atoms with Crippen LogP contribution >= 0.6 is 0 Å². The number of carbonyl (C=O) groups excluding carboxylic acids is 1. The molecule has 0 aromatic heterocycles. The van der Waals surface area contributed by atoms with E-state index in [2.05, 4.69) is 12.2 Å². The van der Waals surface area contributed by atoms with Gasteiger partial charge in [0.25, 0.3) is 0 Å². The minimum atomic E-state index is -0.300. The molecule has 1 rings (SSSR count).